The molecule has 0 aliphatic carbocycles. The van der Waals surface area contributed by atoms with Crippen molar-refractivity contribution in [2.75, 3.05) is 7.11 Å². The summed E-state index contributed by atoms with van der Waals surface area (Å²) in [5.74, 6) is 1.76. The Morgan fingerprint density at radius 3 is 3.00 bits per heavy atom. The topological polar surface area (TPSA) is 44.5 Å². The Kier molecular flexibility index (Phi) is 3.89. The molecule has 17 heavy (non-hydrogen) atoms. The largest absolute Gasteiger partial charge is 0.497 e. The molecular weight excluding hydrogens is 214 g/mol. The number of benzene rings is 1. The Morgan fingerprint density at radius 1 is 1.47 bits per heavy atom. The van der Waals surface area contributed by atoms with E-state index in [2.05, 4.69) is 6.92 Å². The van der Waals surface area contributed by atoms with Gasteiger partial charge in [-0.3, -0.25) is 0 Å². The highest BCUT2D eigenvalue weighted by Crippen LogP contribution is 2.36. The molecule has 94 valence electrons. The van der Waals surface area contributed by atoms with Crippen LogP contribution < -0.4 is 15.2 Å². The van der Waals surface area contributed by atoms with E-state index in [1.807, 2.05) is 18.2 Å². The molecule has 0 amide bonds. The smallest absolute Gasteiger partial charge is 0.124 e. The summed E-state index contributed by atoms with van der Waals surface area (Å²) in [6.45, 7) is 2.20. The molecule has 0 aromatic heterocycles. The highest BCUT2D eigenvalue weighted by molar-refractivity contribution is 5.43. The van der Waals surface area contributed by atoms with E-state index in [0.717, 1.165) is 29.9 Å². The normalized spacial score (nSPS) is 22.8. The van der Waals surface area contributed by atoms with E-state index in [4.69, 9.17) is 15.2 Å². The third-order valence-corrected chi connectivity index (χ3v) is 3.31. The van der Waals surface area contributed by atoms with Crippen molar-refractivity contribution < 1.29 is 9.47 Å². The Labute approximate surface area is 103 Å². The lowest BCUT2D eigenvalue weighted by Gasteiger charge is -2.30. The van der Waals surface area contributed by atoms with Gasteiger partial charge in [0.15, 0.2) is 0 Å². The lowest BCUT2D eigenvalue weighted by atomic mass is 9.94. The third kappa shape index (κ3) is 2.72. The maximum Gasteiger partial charge on any atom is 0.124 e. The number of hydrogen-bond acceptors (Lipinski definition) is 3. The standard InChI is InChI=1S/C14H21NO2/c1-3-4-5-11-9-13(15)12-8-10(16-2)6-7-14(12)17-11/h6-8,11,13H,3-5,9,15H2,1-2H3. The van der Waals surface area contributed by atoms with E-state index in [-0.39, 0.29) is 12.1 Å². The number of unbranched alkanes of at least 4 members (excludes halogenated alkanes) is 1. The van der Waals surface area contributed by atoms with Crippen LogP contribution in [0.4, 0.5) is 0 Å². The van der Waals surface area contributed by atoms with E-state index >= 15 is 0 Å². The molecule has 0 fully saturated rings. The van der Waals surface area contributed by atoms with Crippen LogP contribution in [0.1, 0.15) is 44.2 Å². The van der Waals surface area contributed by atoms with Crippen molar-refractivity contribution in [1.29, 1.82) is 0 Å². The molecule has 0 bridgehead atoms. The third-order valence-electron chi connectivity index (χ3n) is 3.31. The quantitative estimate of drug-likeness (QED) is 0.872. The zero-order chi connectivity index (χ0) is 12.3. The summed E-state index contributed by atoms with van der Waals surface area (Å²) in [4.78, 5) is 0. The number of nitrogens with two attached hydrogens (primary N) is 1. The van der Waals surface area contributed by atoms with Crippen molar-refractivity contribution in [3.63, 3.8) is 0 Å². The zero-order valence-electron chi connectivity index (χ0n) is 10.6. The van der Waals surface area contributed by atoms with Gasteiger partial charge in [0.05, 0.1) is 7.11 Å². The molecule has 2 unspecified atom stereocenters. The Bertz CT molecular complexity index is 378. The van der Waals surface area contributed by atoms with Crippen LogP contribution in [0.2, 0.25) is 0 Å². The summed E-state index contributed by atoms with van der Waals surface area (Å²) in [6, 6.07) is 5.94. The van der Waals surface area contributed by atoms with E-state index < -0.39 is 0 Å². The predicted octanol–water partition coefficient (Wildman–Crippen LogP) is 3.04. The van der Waals surface area contributed by atoms with Crippen LogP contribution >= 0.6 is 0 Å². The first-order chi connectivity index (χ1) is 8.24. The first-order valence-electron chi connectivity index (χ1n) is 6.34. The lowest BCUT2D eigenvalue weighted by molar-refractivity contribution is 0.147. The molecule has 1 aromatic carbocycles. The minimum absolute atomic E-state index is 0.0655. The molecule has 2 atom stereocenters. The van der Waals surface area contributed by atoms with Crippen molar-refractivity contribution in [3.05, 3.63) is 23.8 Å². The molecule has 3 heteroatoms. The van der Waals surface area contributed by atoms with Crippen molar-refractivity contribution in [1.82, 2.24) is 0 Å². The van der Waals surface area contributed by atoms with Gasteiger partial charge in [0.2, 0.25) is 0 Å². The summed E-state index contributed by atoms with van der Waals surface area (Å²) in [5.41, 5.74) is 7.26. The van der Waals surface area contributed by atoms with Gasteiger partial charge in [0.25, 0.3) is 0 Å². The van der Waals surface area contributed by atoms with Crippen LogP contribution in [0.5, 0.6) is 11.5 Å². The second kappa shape index (κ2) is 5.41. The molecule has 1 heterocycles. The molecule has 3 nitrogen and oxygen atoms in total. The first-order valence-corrected chi connectivity index (χ1v) is 6.34. The summed E-state index contributed by atoms with van der Waals surface area (Å²) < 4.78 is 11.2. The lowest BCUT2D eigenvalue weighted by Crippen LogP contribution is -2.29. The fourth-order valence-corrected chi connectivity index (χ4v) is 2.30. The van der Waals surface area contributed by atoms with E-state index in [1.54, 1.807) is 7.11 Å². The Morgan fingerprint density at radius 2 is 2.29 bits per heavy atom. The maximum absolute atomic E-state index is 6.20. The SMILES string of the molecule is CCCCC1CC(N)c2cc(OC)ccc2O1. The van der Waals surface area contributed by atoms with Gasteiger partial charge in [0, 0.05) is 18.0 Å². The van der Waals surface area contributed by atoms with Crippen molar-refractivity contribution in [3.8, 4) is 11.5 Å². The molecule has 0 radical (unpaired) electrons. The van der Waals surface area contributed by atoms with Crippen LogP contribution in [0.25, 0.3) is 0 Å². The highest BCUT2D eigenvalue weighted by atomic mass is 16.5. The number of methoxy groups -OCH3 is 1. The van der Waals surface area contributed by atoms with Crippen LogP contribution in [0, 0.1) is 0 Å². The molecule has 2 rings (SSSR count). The molecule has 1 aliphatic heterocycles. The van der Waals surface area contributed by atoms with Gasteiger partial charge >= 0.3 is 0 Å². The van der Waals surface area contributed by atoms with Crippen LogP contribution in [-0.4, -0.2) is 13.2 Å². The number of fused-ring (bicyclic) bond motifs is 1. The van der Waals surface area contributed by atoms with E-state index in [1.165, 1.54) is 12.8 Å². The van der Waals surface area contributed by atoms with Crippen molar-refractivity contribution >= 4 is 0 Å². The molecule has 0 spiro atoms. The second-order valence-corrected chi connectivity index (χ2v) is 4.63. The summed E-state index contributed by atoms with van der Waals surface area (Å²) in [7, 11) is 1.67. The van der Waals surface area contributed by atoms with Gasteiger partial charge in [-0.15, -0.1) is 0 Å². The predicted molar refractivity (Wildman–Crippen MR) is 68.5 cm³/mol. The average Bonchev–Trinajstić information content (AvgIpc) is 2.36. The summed E-state index contributed by atoms with van der Waals surface area (Å²) in [5, 5.41) is 0. The molecule has 1 aliphatic rings. The average molecular weight is 235 g/mol. The van der Waals surface area contributed by atoms with Gasteiger partial charge < -0.3 is 15.2 Å². The van der Waals surface area contributed by atoms with Gasteiger partial charge in [-0.05, 0) is 24.6 Å². The minimum atomic E-state index is 0.0655. The second-order valence-electron chi connectivity index (χ2n) is 4.63. The summed E-state index contributed by atoms with van der Waals surface area (Å²) >= 11 is 0. The molecule has 0 saturated heterocycles. The highest BCUT2D eigenvalue weighted by Gasteiger charge is 2.25. The number of hydrogen-bond donors (Lipinski definition) is 1. The first kappa shape index (κ1) is 12.2. The number of ether oxygens (including phenoxy) is 2. The van der Waals surface area contributed by atoms with Crippen molar-refractivity contribution in [2.24, 2.45) is 5.73 Å². The fourth-order valence-electron chi connectivity index (χ4n) is 2.30. The minimum Gasteiger partial charge on any atom is -0.497 e. The van der Waals surface area contributed by atoms with E-state index in [9.17, 15) is 0 Å². The van der Waals surface area contributed by atoms with Gasteiger partial charge in [-0.2, -0.15) is 0 Å². The molecule has 0 saturated carbocycles. The fraction of sp³-hybridized carbons (Fsp3) is 0.571. The summed E-state index contributed by atoms with van der Waals surface area (Å²) in [6.07, 6.45) is 4.66. The van der Waals surface area contributed by atoms with Crippen molar-refractivity contribution in [2.45, 2.75) is 44.8 Å². The maximum atomic E-state index is 6.20. The monoisotopic (exact) mass is 235 g/mol. The number of rotatable bonds is 4. The van der Waals surface area contributed by atoms with Crippen LogP contribution in [0.3, 0.4) is 0 Å². The van der Waals surface area contributed by atoms with Gasteiger partial charge in [0.1, 0.15) is 17.6 Å². The zero-order valence-corrected chi connectivity index (χ0v) is 10.6. The van der Waals surface area contributed by atoms with Crippen LogP contribution in [0.15, 0.2) is 18.2 Å². The molecular formula is C14H21NO2. The molecule has 2 N–H and O–H groups in total. The Hall–Kier alpha value is -1.22. The van der Waals surface area contributed by atoms with Gasteiger partial charge in [-0.25, -0.2) is 0 Å². The van der Waals surface area contributed by atoms with Gasteiger partial charge in [-0.1, -0.05) is 19.8 Å². The Balaban J connectivity index is 2.14. The van der Waals surface area contributed by atoms with E-state index in [0.29, 0.717) is 0 Å². The van der Waals surface area contributed by atoms with Crippen LogP contribution in [-0.2, 0) is 0 Å². The molecule has 1 aromatic rings.